The predicted molar refractivity (Wildman–Crippen MR) is 97.7 cm³/mol. The first-order chi connectivity index (χ1) is 11.1. The van der Waals surface area contributed by atoms with Gasteiger partial charge in [-0.15, -0.1) is 0 Å². The molecule has 3 heteroatoms. The number of halogens is 1. The lowest BCUT2D eigenvalue weighted by molar-refractivity contribution is 0.761. The van der Waals surface area contributed by atoms with E-state index in [0.717, 1.165) is 27.6 Å². The van der Waals surface area contributed by atoms with Crippen molar-refractivity contribution in [3.63, 3.8) is 0 Å². The minimum absolute atomic E-state index is 0.320. The molecule has 0 N–H and O–H groups in total. The van der Waals surface area contributed by atoms with Gasteiger partial charge in [0.15, 0.2) is 0 Å². The Labute approximate surface area is 140 Å². The molecule has 0 aliphatic heterocycles. The van der Waals surface area contributed by atoms with Crippen molar-refractivity contribution in [2.75, 3.05) is 0 Å². The quantitative estimate of drug-likeness (QED) is 0.446. The molecule has 2 nitrogen and oxygen atoms in total. The van der Waals surface area contributed by atoms with Gasteiger partial charge in [-0.25, -0.2) is 4.98 Å². The summed E-state index contributed by atoms with van der Waals surface area (Å²) >= 11 is 6.15. The van der Waals surface area contributed by atoms with Crippen molar-refractivity contribution in [2.45, 2.75) is 19.8 Å². The maximum atomic E-state index is 6.15. The van der Waals surface area contributed by atoms with Crippen molar-refractivity contribution < 1.29 is 0 Å². The smallest absolute Gasteiger partial charge is 0.117 e. The van der Waals surface area contributed by atoms with Gasteiger partial charge in [-0.3, -0.25) is 4.57 Å². The second kappa shape index (κ2) is 5.39. The highest BCUT2D eigenvalue weighted by Crippen LogP contribution is 2.31. The largest absolute Gasteiger partial charge is 0.295 e. The number of benzene rings is 3. The highest BCUT2D eigenvalue weighted by atomic mass is 35.5. The van der Waals surface area contributed by atoms with Crippen molar-refractivity contribution in [3.8, 4) is 5.69 Å². The summed E-state index contributed by atoms with van der Waals surface area (Å²) in [5.74, 6) is 1.37. The van der Waals surface area contributed by atoms with Gasteiger partial charge in [-0.1, -0.05) is 61.8 Å². The van der Waals surface area contributed by atoms with Crippen LogP contribution in [0.2, 0.25) is 5.02 Å². The Morgan fingerprint density at radius 3 is 2.57 bits per heavy atom. The van der Waals surface area contributed by atoms with Crippen molar-refractivity contribution in [1.29, 1.82) is 0 Å². The zero-order valence-corrected chi connectivity index (χ0v) is 13.9. The maximum Gasteiger partial charge on any atom is 0.117 e. The van der Waals surface area contributed by atoms with Gasteiger partial charge in [0.2, 0.25) is 0 Å². The Kier molecular flexibility index (Phi) is 3.35. The summed E-state index contributed by atoms with van der Waals surface area (Å²) < 4.78 is 2.26. The summed E-state index contributed by atoms with van der Waals surface area (Å²) in [7, 11) is 0. The topological polar surface area (TPSA) is 17.8 Å². The number of hydrogen-bond acceptors (Lipinski definition) is 1. The van der Waals surface area contributed by atoms with Crippen LogP contribution in [0.25, 0.3) is 27.5 Å². The van der Waals surface area contributed by atoms with Crippen LogP contribution in [0.3, 0.4) is 0 Å². The van der Waals surface area contributed by atoms with E-state index in [1.54, 1.807) is 0 Å². The summed E-state index contributed by atoms with van der Waals surface area (Å²) in [6, 6.07) is 20.8. The predicted octanol–water partition coefficient (Wildman–Crippen LogP) is 5.96. The first-order valence-corrected chi connectivity index (χ1v) is 8.19. The molecule has 4 aromatic rings. The highest BCUT2D eigenvalue weighted by molar-refractivity contribution is 6.31. The Morgan fingerprint density at radius 1 is 0.957 bits per heavy atom. The molecule has 0 saturated carbocycles. The van der Waals surface area contributed by atoms with Crippen LogP contribution in [-0.2, 0) is 0 Å². The zero-order chi connectivity index (χ0) is 16.0. The van der Waals surface area contributed by atoms with E-state index >= 15 is 0 Å². The molecule has 0 aliphatic rings. The molecule has 0 spiro atoms. The lowest BCUT2D eigenvalue weighted by Gasteiger charge is -2.14. The minimum atomic E-state index is 0.320. The summed E-state index contributed by atoms with van der Waals surface area (Å²) in [5.41, 5.74) is 3.19. The molecule has 114 valence electrons. The second-order valence-corrected chi connectivity index (χ2v) is 6.53. The van der Waals surface area contributed by atoms with Gasteiger partial charge in [-0.05, 0) is 29.7 Å². The van der Waals surface area contributed by atoms with Crippen LogP contribution < -0.4 is 0 Å². The Hall–Kier alpha value is -2.32. The van der Waals surface area contributed by atoms with Gasteiger partial charge in [0, 0.05) is 16.3 Å². The van der Waals surface area contributed by atoms with E-state index in [2.05, 4.69) is 66.9 Å². The van der Waals surface area contributed by atoms with Crippen molar-refractivity contribution in [3.05, 3.63) is 71.5 Å². The molecular weight excluding hydrogens is 304 g/mol. The fourth-order valence-corrected chi connectivity index (χ4v) is 3.28. The molecule has 3 aromatic carbocycles. The molecule has 4 rings (SSSR count). The molecule has 0 fully saturated rings. The fourth-order valence-electron chi connectivity index (χ4n) is 3.12. The summed E-state index contributed by atoms with van der Waals surface area (Å²) in [5, 5.41) is 3.18. The highest BCUT2D eigenvalue weighted by Gasteiger charge is 2.16. The first-order valence-electron chi connectivity index (χ1n) is 7.81. The molecule has 0 bridgehead atoms. The Morgan fingerprint density at radius 2 is 1.74 bits per heavy atom. The van der Waals surface area contributed by atoms with Crippen LogP contribution in [0.4, 0.5) is 0 Å². The average Bonchev–Trinajstić information content (AvgIpc) is 2.93. The van der Waals surface area contributed by atoms with Crippen molar-refractivity contribution in [1.82, 2.24) is 9.55 Å². The Bertz CT molecular complexity index is 1010. The van der Waals surface area contributed by atoms with E-state index in [9.17, 15) is 0 Å². The summed E-state index contributed by atoms with van der Waals surface area (Å²) in [6.45, 7) is 4.34. The third kappa shape index (κ3) is 2.30. The number of imidazole rings is 1. The lowest BCUT2D eigenvalue weighted by Crippen LogP contribution is -2.03. The van der Waals surface area contributed by atoms with Gasteiger partial charge in [0.25, 0.3) is 0 Å². The number of hydrogen-bond donors (Lipinski definition) is 0. The van der Waals surface area contributed by atoms with E-state index in [1.807, 2.05) is 12.1 Å². The van der Waals surface area contributed by atoms with Crippen LogP contribution in [0, 0.1) is 0 Å². The number of nitrogens with zero attached hydrogens (tertiary/aromatic N) is 2. The summed E-state index contributed by atoms with van der Waals surface area (Å²) in [6.07, 6.45) is 0. The molecular formula is C20H17ClN2. The molecule has 0 radical (unpaired) electrons. The molecule has 1 aromatic heterocycles. The second-order valence-electron chi connectivity index (χ2n) is 6.09. The minimum Gasteiger partial charge on any atom is -0.295 e. The lowest BCUT2D eigenvalue weighted by atomic mass is 10.1. The van der Waals surface area contributed by atoms with E-state index in [4.69, 9.17) is 16.6 Å². The normalized spacial score (nSPS) is 11.7. The van der Waals surface area contributed by atoms with Crippen LogP contribution in [0.15, 0.2) is 60.7 Å². The number of fused-ring (bicyclic) bond motifs is 2. The molecule has 23 heavy (non-hydrogen) atoms. The monoisotopic (exact) mass is 320 g/mol. The van der Waals surface area contributed by atoms with Crippen LogP contribution in [0.1, 0.15) is 25.6 Å². The van der Waals surface area contributed by atoms with Crippen LogP contribution in [0.5, 0.6) is 0 Å². The molecule has 1 heterocycles. The van der Waals surface area contributed by atoms with Crippen LogP contribution in [-0.4, -0.2) is 9.55 Å². The first kappa shape index (κ1) is 14.3. The van der Waals surface area contributed by atoms with Gasteiger partial charge in [-0.2, -0.15) is 0 Å². The molecule has 0 aliphatic carbocycles. The fraction of sp³-hybridized carbons (Fsp3) is 0.150. The van der Waals surface area contributed by atoms with Crippen LogP contribution >= 0.6 is 11.6 Å². The summed E-state index contributed by atoms with van der Waals surface area (Å²) in [4.78, 5) is 4.83. The van der Waals surface area contributed by atoms with Gasteiger partial charge >= 0.3 is 0 Å². The molecule has 0 saturated heterocycles. The van der Waals surface area contributed by atoms with E-state index in [0.29, 0.717) is 5.92 Å². The maximum absolute atomic E-state index is 6.15. The average molecular weight is 321 g/mol. The standard InChI is InChI=1S/C20H17ClN2/c1-13(2)20-22-17-12-15(21)10-11-19(17)23(20)18-9-5-7-14-6-3-4-8-16(14)18/h3-13H,1-2H3. The van der Waals surface area contributed by atoms with Crippen molar-refractivity contribution >= 4 is 33.4 Å². The third-order valence-corrected chi connectivity index (χ3v) is 4.40. The molecule has 0 atom stereocenters. The molecule has 0 amide bonds. The van der Waals surface area contributed by atoms with Gasteiger partial charge in [0.1, 0.15) is 5.82 Å². The number of aromatic nitrogens is 2. The SMILES string of the molecule is CC(C)c1nc2cc(Cl)ccc2n1-c1cccc2ccccc12. The zero-order valence-electron chi connectivity index (χ0n) is 13.1. The van der Waals surface area contributed by atoms with Gasteiger partial charge < -0.3 is 0 Å². The Balaban J connectivity index is 2.13. The number of rotatable bonds is 2. The van der Waals surface area contributed by atoms with Crippen molar-refractivity contribution in [2.24, 2.45) is 0 Å². The van der Waals surface area contributed by atoms with Gasteiger partial charge in [0.05, 0.1) is 16.7 Å². The van der Waals surface area contributed by atoms with E-state index in [-0.39, 0.29) is 0 Å². The third-order valence-electron chi connectivity index (χ3n) is 4.17. The molecule has 0 unspecified atom stereocenters. The van der Waals surface area contributed by atoms with E-state index in [1.165, 1.54) is 10.8 Å². The van der Waals surface area contributed by atoms with E-state index < -0.39 is 0 Å².